The van der Waals surface area contributed by atoms with E-state index in [1.807, 2.05) is 48.5 Å². The number of nitrogens with one attached hydrogen (secondary N) is 2. The van der Waals surface area contributed by atoms with E-state index in [0.717, 1.165) is 16.3 Å². The van der Waals surface area contributed by atoms with Gasteiger partial charge in [-0.1, -0.05) is 54.6 Å². The van der Waals surface area contributed by atoms with Crippen molar-refractivity contribution in [1.29, 1.82) is 0 Å². The van der Waals surface area contributed by atoms with Crippen LogP contribution in [0.3, 0.4) is 0 Å². The first kappa shape index (κ1) is 19.7. The van der Waals surface area contributed by atoms with Gasteiger partial charge in [0.05, 0.1) is 12.2 Å². The molecule has 5 rings (SSSR count). The summed E-state index contributed by atoms with van der Waals surface area (Å²) in [5, 5.41) is 12.2. The van der Waals surface area contributed by atoms with Crippen molar-refractivity contribution in [2.24, 2.45) is 0 Å². The highest BCUT2D eigenvalue weighted by atomic mass is 16.2. The molecule has 1 saturated heterocycles. The summed E-state index contributed by atoms with van der Waals surface area (Å²) in [6.45, 7) is 0.138. The van der Waals surface area contributed by atoms with E-state index in [4.69, 9.17) is 0 Å². The number of fused-ring (bicyclic) bond motifs is 1. The molecule has 0 unspecified atom stereocenters. The summed E-state index contributed by atoms with van der Waals surface area (Å²) in [5.74, 6) is -0.731. The maximum atomic E-state index is 12.9. The minimum absolute atomic E-state index is 0.138. The van der Waals surface area contributed by atoms with Crippen LogP contribution < -0.4 is 5.32 Å². The summed E-state index contributed by atoms with van der Waals surface area (Å²) < 4.78 is 0. The van der Waals surface area contributed by atoms with Crippen LogP contribution in [0.5, 0.6) is 0 Å². The van der Waals surface area contributed by atoms with Crippen LogP contribution in [0.2, 0.25) is 0 Å². The quantitative estimate of drug-likeness (QED) is 0.471. The Bertz CT molecular complexity index is 1340. The Balaban J connectivity index is 1.35. The lowest BCUT2D eigenvalue weighted by Gasteiger charge is -2.16. The number of imide groups is 1. The van der Waals surface area contributed by atoms with E-state index in [0.29, 0.717) is 22.6 Å². The van der Waals surface area contributed by atoms with Gasteiger partial charge in [-0.3, -0.25) is 24.4 Å². The van der Waals surface area contributed by atoms with E-state index in [1.165, 1.54) is 4.90 Å². The van der Waals surface area contributed by atoms with Gasteiger partial charge in [0.1, 0.15) is 5.69 Å². The first-order valence-corrected chi connectivity index (χ1v) is 10.4. The fraction of sp³-hybridized carbons (Fsp3) is 0.120. The number of nitrogens with zero attached hydrogens (tertiary/aromatic N) is 2. The molecule has 3 amide bonds. The Kier molecular flexibility index (Phi) is 4.99. The monoisotopic (exact) mass is 424 g/mol. The zero-order valence-electron chi connectivity index (χ0n) is 17.2. The molecule has 0 spiro atoms. The highest BCUT2D eigenvalue weighted by Gasteiger charge is 2.29. The largest absolute Gasteiger partial charge is 0.320 e. The fourth-order valence-electron chi connectivity index (χ4n) is 3.87. The molecule has 7 nitrogen and oxygen atoms in total. The molecule has 0 atom stereocenters. The Morgan fingerprint density at radius 2 is 1.62 bits per heavy atom. The molecule has 1 fully saturated rings. The van der Waals surface area contributed by atoms with E-state index < -0.39 is 0 Å². The van der Waals surface area contributed by atoms with Gasteiger partial charge in [0.15, 0.2) is 0 Å². The summed E-state index contributed by atoms with van der Waals surface area (Å²) >= 11 is 0. The summed E-state index contributed by atoms with van der Waals surface area (Å²) in [7, 11) is 0. The molecular weight excluding hydrogens is 404 g/mol. The van der Waals surface area contributed by atoms with E-state index >= 15 is 0 Å². The number of hydrogen-bond acceptors (Lipinski definition) is 4. The minimum Gasteiger partial charge on any atom is -0.320 e. The maximum absolute atomic E-state index is 12.9. The van der Waals surface area contributed by atoms with Crippen molar-refractivity contribution in [1.82, 2.24) is 15.1 Å². The SMILES string of the molecule is O=C(Nc1ccccc1CN1C(=O)CCC1=O)c1cc(-c2ccc3ccccc3c2)n[nH]1. The highest BCUT2D eigenvalue weighted by Crippen LogP contribution is 2.25. The first-order valence-electron chi connectivity index (χ1n) is 10.4. The normalized spacial score (nSPS) is 13.7. The number of aromatic nitrogens is 2. The second-order valence-corrected chi connectivity index (χ2v) is 7.71. The topological polar surface area (TPSA) is 95.2 Å². The van der Waals surface area contributed by atoms with Crippen LogP contribution in [0, 0.1) is 0 Å². The van der Waals surface area contributed by atoms with Gasteiger partial charge in [-0.2, -0.15) is 5.10 Å². The number of aromatic amines is 1. The molecule has 4 aromatic rings. The number of hydrogen-bond donors (Lipinski definition) is 2. The molecule has 0 bridgehead atoms. The predicted octanol–water partition coefficient (Wildman–Crippen LogP) is 4.13. The molecule has 7 heteroatoms. The smallest absolute Gasteiger partial charge is 0.273 e. The van der Waals surface area contributed by atoms with Gasteiger partial charge in [0.25, 0.3) is 5.91 Å². The average Bonchev–Trinajstić information content (AvgIpc) is 3.43. The van der Waals surface area contributed by atoms with Crippen molar-refractivity contribution in [3.8, 4) is 11.3 Å². The molecule has 0 radical (unpaired) electrons. The number of H-pyrrole nitrogens is 1. The van der Waals surface area contributed by atoms with Crippen molar-refractivity contribution in [3.05, 3.63) is 84.1 Å². The lowest BCUT2D eigenvalue weighted by molar-refractivity contribution is -0.139. The lowest BCUT2D eigenvalue weighted by Crippen LogP contribution is -2.29. The second kappa shape index (κ2) is 8.11. The number of benzene rings is 3. The lowest BCUT2D eigenvalue weighted by atomic mass is 10.1. The number of anilines is 1. The molecule has 32 heavy (non-hydrogen) atoms. The van der Waals surface area contributed by atoms with Crippen LogP contribution in [-0.2, 0) is 16.1 Å². The number of carbonyl (C=O) groups excluding carboxylic acids is 3. The summed E-state index contributed by atoms with van der Waals surface area (Å²) in [4.78, 5) is 38.0. The van der Waals surface area contributed by atoms with Gasteiger partial charge in [-0.15, -0.1) is 0 Å². The molecule has 3 aromatic carbocycles. The van der Waals surface area contributed by atoms with Gasteiger partial charge in [0.2, 0.25) is 11.8 Å². The van der Waals surface area contributed by atoms with Crippen molar-refractivity contribution in [2.45, 2.75) is 19.4 Å². The third kappa shape index (κ3) is 3.76. The maximum Gasteiger partial charge on any atom is 0.273 e. The number of rotatable bonds is 5. The van der Waals surface area contributed by atoms with Crippen LogP contribution in [0.25, 0.3) is 22.0 Å². The predicted molar refractivity (Wildman–Crippen MR) is 121 cm³/mol. The number of amides is 3. The zero-order chi connectivity index (χ0) is 22.1. The molecule has 1 aromatic heterocycles. The fourth-order valence-corrected chi connectivity index (χ4v) is 3.87. The minimum atomic E-state index is -0.351. The molecule has 1 aliphatic rings. The van der Waals surface area contributed by atoms with E-state index in [-0.39, 0.29) is 37.1 Å². The first-order chi connectivity index (χ1) is 15.6. The standard InChI is InChI=1S/C25H20N4O3/c30-23-11-12-24(31)29(23)15-19-7-3-4-8-20(19)26-25(32)22-14-21(27-28-22)18-10-9-16-5-1-2-6-17(16)13-18/h1-10,13-14H,11-12,15H2,(H,26,32)(H,27,28). The van der Waals surface area contributed by atoms with Crippen molar-refractivity contribution >= 4 is 34.2 Å². The Morgan fingerprint density at radius 1 is 0.906 bits per heavy atom. The third-order valence-electron chi connectivity index (χ3n) is 5.62. The van der Waals surface area contributed by atoms with E-state index in [9.17, 15) is 14.4 Å². The molecule has 2 N–H and O–H groups in total. The van der Waals surface area contributed by atoms with Crippen LogP contribution in [0.15, 0.2) is 72.8 Å². The highest BCUT2D eigenvalue weighted by molar-refractivity contribution is 6.04. The van der Waals surface area contributed by atoms with Crippen LogP contribution in [-0.4, -0.2) is 32.8 Å². The molecule has 158 valence electrons. The van der Waals surface area contributed by atoms with Gasteiger partial charge in [-0.25, -0.2) is 0 Å². The van der Waals surface area contributed by atoms with Gasteiger partial charge in [0, 0.05) is 24.1 Å². The van der Waals surface area contributed by atoms with Gasteiger partial charge >= 0.3 is 0 Å². The number of likely N-dealkylation sites (tertiary alicyclic amines) is 1. The van der Waals surface area contributed by atoms with Crippen molar-refractivity contribution in [3.63, 3.8) is 0 Å². The van der Waals surface area contributed by atoms with Crippen LogP contribution >= 0.6 is 0 Å². The Morgan fingerprint density at radius 3 is 2.44 bits per heavy atom. The number of carbonyl (C=O) groups is 3. The van der Waals surface area contributed by atoms with Crippen molar-refractivity contribution < 1.29 is 14.4 Å². The number of para-hydroxylation sites is 1. The molecular formula is C25H20N4O3. The Hall–Kier alpha value is -4.26. The summed E-state index contributed by atoms with van der Waals surface area (Å²) in [5.41, 5.74) is 3.13. The van der Waals surface area contributed by atoms with E-state index in [1.54, 1.807) is 24.3 Å². The Labute approximate surface area is 184 Å². The third-order valence-corrected chi connectivity index (χ3v) is 5.62. The van der Waals surface area contributed by atoms with Gasteiger partial charge in [-0.05, 0) is 34.5 Å². The van der Waals surface area contributed by atoms with E-state index in [2.05, 4.69) is 15.5 Å². The summed E-state index contributed by atoms with van der Waals surface area (Å²) in [6.07, 6.45) is 0.470. The zero-order valence-corrected chi connectivity index (χ0v) is 17.2. The van der Waals surface area contributed by atoms with Gasteiger partial charge < -0.3 is 5.32 Å². The molecule has 2 heterocycles. The van der Waals surface area contributed by atoms with Crippen LogP contribution in [0.1, 0.15) is 28.9 Å². The molecule has 0 saturated carbocycles. The molecule has 1 aliphatic heterocycles. The van der Waals surface area contributed by atoms with Crippen molar-refractivity contribution in [2.75, 3.05) is 5.32 Å². The second-order valence-electron chi connectivity index (χ2n) is 7.71. The summed E-state index contributed by atoms with van der Waals surface area (Å²) in [6, 6.07) is 22.9. The van der Waals surface area contributed by atoms with Crippen LogP contribution in [0.4, 0.5) is 5.69 Å². The average molecular weight is 424 g/mol. The molecule has 0 aliphatic carbocycles.